The van der Waals surface area contributed by atoms with Crippen molar-refractivity contribution in [1.29, 1.82) is 0 Å². The van der Waals surface area contributed by atoms with Gasteiger partial charge in [-0.3, -0.25) is 14.5 Å². The maximum Gasteiger partial charge on any atom is 0.406 e. The maximum atomic E-state index is 12.7. The zero-order valence-electron chi connectivity index (χ0n) is 15.6. The molecule has 7 nitrogen and oxygen atoms in total. The van der Waals surface area contributed by atoms with Crippen molar-refractivity contribution in [2.75, 3.05) is 46.4 Å². The lowest BCUT2D eigenvalue weighted by Crippen LogP contribution is -2.59. The maximum absolute atomic E-state index is 12.7. The fourth-order valence-corrected chi connectivity index (χ4v) is 3.76. The molecule has 2 aliphatic heterocycles. The van der Waals surface area contributed by atoms with Gasteiger partial charge in [0.2, 0.25) is 11.8 Å². The van der Waals surface area contributed by atoms with E-state index in [0.29, 0.717) is 44.6 Å². The van der Waals surface area contributed by atoms with Gasteiger partial charge in [-0.1, -0.05) is 0 Å². The summed E-state index contributed by atoms with van der Waals surface area (Å²) in [7, 11) is 1.44. The van der Waals surface area contributed by atoms with Gasteiger partial charge >= 0.3 is 6.18 Å². The Morgan fingerprint density at radius 1 is 1.25 bits per heavy atom. The molecule has 154 valence electrons. The van der Waals surface area contributed by atoms with Crippen molar-refractivity contribution in [2.45, 2.75) is 25.1 Å². The van der Waals surface area contributed by atoms with Crippen LogP contribution in [-0.4, -0.2) is 90.1 Å². The molecule has 1 unspecified atom stereocenters. The molecule has 1 aromatic rings. The molecule has 1 atom stereocenters. The minimum absolute atomic E-state index is 0.133. The van der Waals surface area contributed by atoms with Crippen LogP contribution in [0.15, 0.2) is 18.3 Å². The highest BCUT2D eigenvalue weighted by molar-refractivity contribution is 5.96. The Hall–Kier alpha value is -2.36. The van der Waals surface area contributed by atoms with E-state index in [1.807, 2.05) is 4.90 Å². The van der Waals surface area contributed by atoms with Crippen LogP contribution in [0.5, 0.6) is 5.88 Å². The van der Waals surface area contributed by atoms with E-state index in [1.165, 1.54) is 13.3 Å². The van der Waals surface area contributed by atoms with Gasteiger partial charge in [-0.2, -0.15) is 13.2 Å². The van der Waals surface area contributed by atoms with E-state index in [9.17, 15) is 22.8 Å². The van der Waals surface area contributed by atoms with Gasteiger partial charge in [0, 0.05) is 38.9 Å². The molecule has 10 heteroatoms. The van der Waals surface area contributed by atoms with E-state index in [0.717, 1.165) is 4.90 Å². The number of carbonyl (C=O) groups excluding carboxylic acids is 2. The lowest BCUT2D eigenvalue weighted by molar-refractivity contribution is -0.168. The molecule has 0 saturated carbocycles. The van der Waals surface area contributed by atoms with Crippen LogP contribution in [0.4, 0.5) is 13.2 Å². The summed E-state index contributed by atoms with van der Waals surface area (Å²) in [6.45, 7) is 0.574. The predicted molar refractivity (Wildman–Crippen MR) is 93.9 cm³/mol. The molecule has 2 amide bonds. The highest BCUT2D eigenvalue weighted by atomic mass is 19.4. The number of piperazine rings is 1. The van der Waals surface area contributed by atoms with Gasteiger partial charge in [0.15, 0.2) is 0 Å². The van der Waals surface area contributed by atoms with Gasteiger partial charge in [-0.05, 0) is 25.0 Å². The number of hydrogen-bond donors (Lipinski definition) is 0. The number of halogens is 3. The minimum Gasteiger partial charge on any atom is -0.480 e. The molecule has 28 heavy (non-hydrogen) atoms. The lowest BCUT2D eigenvalue weighted by Gasteiger charge is -2.42. The number of aromatic nitrogens is 1. The first-order chi connectivity index (χ1) is 13.3. The van der Waals surface area contributed by atoms with Gasteiger partial charge in [0.1, 0.15) is 12.1 Å². The van der Waals surface area contributed by atoms with E-state index in [4.69, 9.17) is 4.74 Å². The zero-order valence-corrected chi connectivity index (χ0v) is 15.6. The lowest BCUT2D eigenvalue weighted by atomic mass is 10.0. The number of ether oxygens (including phenoxy) is 1. The van der Waals surface area contributed by atoms with Crippen LogP contribution in [0, 0.1) is 0 Å². The van der Waals surface area contributed by atoms with Crippen LogP contribution in [-0.2, 0) is 4.79 Å². The summed E-state index contributed by atoms with van der Waals surface area (Å²) in [4.78, 5) is 33.7. The average molecular weight is 400 g/mol. The average Bonchev–Trinajstić information content (AvgIpc) is 2.68. The number of methoxy groups -OCH3 is 1. The normalized spacial score (nSPS) is 21.7. The molecule has 0 spiro atoms. The summed E-state index contributed by atoms with van der Waals surface area (Å²) in [6.07, 6.45) is -1.78. The third-order valence-corrected chi connectivity index (χ3v) is 5.11. The topological polar surface area (TPSA) is 66.0 Å². The molecule has 2 saturated heterocycles. The molecule has 1 aromatic heterocycles. The number of likely N-dealkylation sites (tertiary alicyclic amines) is 1. The summed E-state index contributed by atoms with van der Waals surface area (Å²) in [5.41, 5.74) is 0.364. The summed E-state index contributed by atoms with van der Waals surface area (Å²) in [5, 5.41) is 0. The van der Waals surface area contributed by atoms with Crippen LogP contribution in [0.3, 0.4) is 0 Å². The molecule has 0 bridgehead atoms. The molecular formula is C18H23F3N4O3. The molecule has 0 radical (unpaired) electrons. The van der Waals surface area contributed by atoms with Crippen molar-refractivity contribution in [3.05, 3.63) is 23.9 Å². The Morgan fingerprint density at radius 3 is 2.61 bits per heavy atom. The third kappa shape index (κ3) is 4.54. The molecule has 0 N–H and O–H groups in total. The van der Waals surface area contributed by atoms with Gasteiger partial charge in [0.25, 0.3) is 5.91 Å². The second kappa shape index (κ2) is 8.34. The van der Waals surface area contributed by atoms with Crippen LogP contribution >= 0.6 is 0 Å². The number of alkyl halides is 3. The fraction of sp³-hybridized carbons (Fsp3) is 0.611. The number of pyridine rings is 1. The highest BCUT2D eigenvalue weighted by Gasteiger charge is 2.40. The van der Waals surface area contributed by atoms with E-state index >= 15 is 0 Å². The Balaban J connectivity index is 1.60. The predicted octanol–water partition coefficient (Wildman–Crippen LogP) is 1.40. The first-order valence-electron chi connectivity index (χ1n) is 9.18. The number of nitrogens with zero attached hydrogens (tertiary/aromatic N) is 4. The van der Waals surface area contributed by atoms with Gasteiger partial charge in [-0.15, -0.1) is 0 Å². The van der Waals surface area contributed by atoms with Crippen LogP contribution in [0.2, 0.25) is 0 Å². The number of hydrogen-bond acceptors (Lipinski definition) is 5. The molecule has 2 aliphatic rings. The van der Waals surface area contributed by atoms with Gasteiger partial charge in [-0.25, -0.2) is 4.98 Å². The Kier molecular flexibility index (Phi) is 6.07. The first kappa shape index (κ1) is 20.4. The quantitative estimate of drug-likeness (QED) is 0.765. The zero-order chi connectivity index (χ0) is 20.3. The van der Waals surface area contributed by atoms with E-state index in [-0.39, 0.29) is 18.3 Å². The van der Waals surface area contributed by atoms with Crippen molar-refractivity contribution in [1.82, 2.24) is 19.7 Å². The molecule has 0 aliphatic carbocycles. The van der Waals surface area contributed by atoms with Crippen LogP contribution in [0.25, 0.3) is 0 Å². The largest absolute Gasteiger partial charge is 0.480 e. The number of carbonyl (C=O) groups is 2. The second-order valence-electron chi connectivity index (χ2n) is 6.92. The van der Waals surface area contributed by atoms with Gasteiger partial charge in [0.05, 0.1) is 13.2 Å². The van der Waals surface area contributed by atoms with E-state index < -0.39 is 24.7 Å². The van der Waals surface area contributed by atoms with Crippen molar-refractivity contribution in [3.8, 4) is 5.88 Å². The summed E-state index contributed by atoms with van der Waals surface area (Å²) >= 11 is 0. The Bertz CT molecular complexity index is 720. The van der Waals surface area contributed by atoms with Crippen molar-refractivity contribution in [3.63, 3.8) is 0 Å². The first-order valence-corrected chi connectivity index (χ1v) is 9.18. The molecule has 3 rings (SSSR count). The van der Waals surface area contributed by atoms with Crippen LogP contribution < -0.4 is 4.74 Å². The van der Waals surface area contributed by atoms with Crippen molar-refractivity contribution in [2.24, 2.45) is 0 Å². The Morgan fingerprint density at radius 2 is 1.96 bits per heavy atom. The standard InChI is InChI=1S/C18H23F3N4O3/c1-28-15-13(4-2-6-22-15)16(26)24-10-8-23(9-11-24)14-5-3-7-25(17(14)27)12-18(19,20)21/h2,4,6,14H,3,5,7-12H2,1H3. The van der Waals surface area contributed by atoms with E-state index in [1.54, 1.807) is 17.0 Å². The number of piperidine rings is 1. The summed E-state index contributed by atoms with van der Waals surface area (Å²) < 4.78 is 43.2. The van der Waals surface area contributed by atoms with E-state index in [2.05, 4.69) is 4.98 Å². The van der Waals surface area contributed by atoms with Crippen molar-refractivity contribution >= 4 is 11.8 Å². The molecule has 0 aromatic carbocycles. The summed E-state index contributed by atoms with van der Waals surface area (Å²) in [6, 6.07) is 2.74. The summed E-state index contributed by atoms with van der Waals surface area (Å²) in [5.74, 6) is -0.435. The Labute approximate surface area is 161 Å². The monoisotopic (exact) mass is 400 g/mol. The second-order valence-corrected chi connectivity index (χ2v) is 6.92. The van der Waals surface area contributed by atoms with Crippen molar-refractivity contribution < 1.29 is 27.5 Å². The van der Waals surface area contributed by atoms with Gasteiger partial charge < -0.3 is 14.5 Å². The minimum atomic E-state index is -4.40. The molecule has 2 fully saturated rings. The SMILES string of the molecule is COc1ncccc1C(=O)N1CCN(C2CCCN(CC(F)(F)F)C2=O)CC1. The number of amides is 2. The van der Waals surface area contributed by atoms with Crippen LogP contribution in [0.1, 0.15) is 23.2 Å². The third-order valence-electron chi connectivity index (χ3n) is 5.11. The number of rotatable bonds is 4. The molecular weight excluding hydrogens is 377 g/mol. The highest BCUT2D eigenvalue weighted by Crippen LogP contribution is 2.24. The fourth-order valence-electron chi connectivity index (χ4n) is 3.76. The smallest absolute Gasteiger partial charge is 0.406 e. The molecule has 3 heterocycles.